The van der Waals surface area contributed by atoms with Gasteiger partial charge in [0, 0.05) is 6.20 Å². The zero-order chi connectivity index (χ0) is 13.4. The van der Waals surface area contributed by atoms with Gasteiger partial charge in [0.15, 0.2) is 0 Å². The molecular weight excluding hydrogens is 244 g/mol. The molecule has 2 nitrogen and oxygen atoms in total. The minimum atomic E-state index is 0.264. The summed E-state index contributed by atoms with van der Waals surface area (Å²) in [6, 6.07) is 4.06. The maximum absolute atomic E-state index is 6.23. The summed E-state index contributed by atoms with van der Waals surface area (Å²) in [5, 5.41) is 4.12. The first kappa shape index (κ1) is 15.5. The van der Waals surface area contributed by atoms with Crippen molar-refractivity contribution in [3.05, 3.63) is 29.0 Å². The minimum absolute atomic E-state index is 0.264. The Bertz CT molecular complexity index is 341. The number of hydrogen-bond acceptors (Lipinski definition) is 2. The van der Waals surface area contributed by atoms with Crippen LogP contribution in [-0.4, -0.2) is 12.0 Å². The molecule has 1 aromatic rings. The highest BCUT2D eigenvalue weighted by Gasteiger charge is 2.18. The zero-order valence-electron chi connectivity index (χ0n) is 11.7. The summed E-state index contributed by atoms with van der Waals surface area (Å²) in [4.78, 5) is 4.42. The van der Waals surface area contributed by atoms with Crippen molar-refractivity contribution in [1.29, 1.82) is 0 Å². The highest BCUT2D eigenvalue weighted by Crippen LogP contribution is 2.28. The summed E-state index contributed by atoms with van der Waals surface area (Å²) < 4.78 is 0. The van der Waals surface area contributed by atoms with Crippen molar-refractivity contribution < 1.29 is 0 Å². The Morgan fingerprint density at radius 1 is 1.39 bits per heavy atom. The van der Waals surface area contributed by atoms with E-state index in [4.69, 9.17) is 11.6 Å². The van der Waals surface area contributed by atoms with Gasteiger partial charge in [0.2, 0.25) is 0 Å². The van der Waals surface area contributed by atoms with E-state index in [1.165, 1.54) is 25.7 Å². The highest BCUT2D eigenvalue weighted by atomic mass is 35.5. The van der Waals surface area contributed by atoms with Crippen LogP contribution in [0.1, 0.15) is 57.7 Å². The van der Waals surface area contributed by atoms with E-state index in [1.807, 2.05) is 25.4 Å². The molecule has 2 unspecified atom stereocenters. The van der Waals surface area contributed by atoms with Crippen molar-refractivity contribution in [1.82, 2.24) is 10.3 Å². The van der Waals surface area contributed by atoms with Gasteiger partial charge in [-0.1, -0.05) is 51.1 Å². The van der Waals surface area contributed by atoms with Crippen LogP contribution in [0.2, 0.25) is 5.02 Å². The lowest BCUT2D eigenvalue weighted by molar-refractivity contribution is 0.361. The van der Waals surface area contributed by atoms with Gasteiger partial charge in [0.1, 0.15) is 0 Å². The first-order chi connectivity index (χ1) is 8.72. The van der Waals surface area contributed by atoms with E-state index in [2.05, 4.69) is 24.1 Å². The molecule has 1 heterocycles. The summed E-state index contributed by atoms with van der Waals surface area (Å²) in [6.07, 6.45) is 8.04. The third kappa shape index (κ3) is 4.58. The highest BCUT2D eigenvalue weighted by molar-refractivity contribution is 6.31. The van der Waals surface area contributed by atoms with Crippen molar-refractivity contribution in [3.63, 3.8) is 0 Å². The fraction of sp³-hybridized carbons (Fsp3) is 0.667. The maximum atomic E-state index is 6.23. The molecule has 3 heteroatoms. The predicted molar refractivity (Wildman–Crippen MR) is 79.0 cm³/mol. The largest absolute Gasteiger partial charge is 0.312 e. The van der Waals surface area contributed by atoms with Crippen LogP contribution in [0.4, 0.5) is 0 Å². The molecule has 0 aliphatic heterocycles. The Kier molecular flexibility index (Phi) is 7.29. The van der Waals surface area contributed by atoms with Crippen molar-refractivity contribution in [2.45, 2.75) is 52.0 Å². The quantitative estimate of drug-likeness (QED) is 0.745. The van der Waals surface area contributed by atoms with Gasteiger partial charge in [-0.25, -0.2) is 0 Å². The number of nitrogens with one attached hydrogen (secondary N) is 1. The lowest BCUT2D eigenvalue weighted by Crippen LogP contribution is -2.21. The molecule has 102 valence electrons. The number of unbranched alkanes of at least 4 members (excludes halogenated alkanes) is 1. The third-order valence-electron chi connectivity index (χ3n) is 3.58. The summed E-state index contributed by atoms with van der Waals surface area (Å²) in [7, 11) is 1.99. The molecule has 18 heavy (non-hydrogen) atoms. The van der Waals surface area contributed by atoms with Gasteiger partial charge in [0.05, 0.1) is 16.8 Å². The maximum Gasteiger partial charge on any atom is 0.0758 e. The normalized spacial score (nSPS) is 14.4. The third-order valence-corrected chi connectivity index (χ3v) is 3.90. The molecule has 2 atom stereocenters. The molecule has 0 spiro atoms. The Morgan fingerprint density at radius 3 is 2.72 bits per heavy atom. The van der Waals surface area contributed by atoms with E-state index in [0.717, 1.165) is 23.1 Å². The molecule has 0 aliphatic rings. The van der Waals surface area contributed by atoms with Gasteiger partial charge in [-0.2, -0.15) is 0 Å². The molecule has 0 aromatic carbocycles. The van der Waals surface area contributed by atoms with Crippen LogP contribution in [0, 0.1) is 5.92 Å². The van der Waals surface area contributed by atoms with Crippen molar-refractivity contribution in [2.75, 3.05) is 7.05 Å². The van der Waals surface area contributed by atoms with Crippen LogP contribution >= 0.6 is 11.6 Å². The second kappa shape index (κ2) is 8.49. The van der Waals surface area contributed by atoms with Crippen LogP contribution in [0.3, 0.4) is 0 Å². The van der Waals surface area contributed by atoms with Gasteiger partial charge >= 0.3 is 0 Å². The van der Waals surface area contributed by atoms with Crippen LogP contribution in [-0.2, 0) is 0 Å². The number of halogens is 1. The second-order valence-corrected chi connectivity index (χ2v) is 5.27. The van der Waals surface area contributed by atoms with Gasteiger partial charge in [-0.3, -0.25) is 4.98 Å². The number of aromatic nitrogens is 1. The number of pyridine rings is 1. The molecular formula is C15H25ClN2. The Labute approximate surface area is 116 Å². The Balaban J connectivity index is 2.68. The van der Waals surface area contributed by atoms with Crippen LogP contribution in [0.15, 0.2) is 18.3 Å². The van der Waals surface area contributed by atoms with Gasteiger partial charge < -0.3 is 5.32 Å². The Morgan fingerprint density at radius 2 is 2.17 bits per heavy atom. The zero-order valence-corrected chi connectivity index (χ0v) is 12.5. The summed E-state index contributed by atoms with van der Waals surface area (Å²) in [6.45, 7) is 4.52. The topological polar surface area (TPSA) is 24.9 Å². The van der Waals surface area contributed by atoms with Crippen LogP contribution < -0.4 is 5.32 Å². The van der Waals surface area contributed by atoms with Crippen molar-refractivity contribution in [2.24, 2.45) is 5.92 Å². The summed E-state index contributed by atoms with van der Waals surface area (Å²) in [5.41, 5.74) is 0.983. The van der Waals surface area contributed by atoms with E-state index in [-0.39, 0.29) is 6.04 Å². The minimum Gasteiger partial charge on any atom is -0.312 e. The van der Waals surface area contributed by atoms with Crippen LogP contribution in [0.5, 0.6) is 0 Å². The molecule has 0 aliphatic carbocycles. The fourth-order valence-electron chi connectivity index (χ4n) is 2.34. The van der Waals surface area contributed by atoms with E-state index in [1.54, 1.807) is 0 Å². The molecule has 0 fully saturated rings. The summed E-state index contributed by atoms with van der Waals surface area (Å²) >= 11 is 6.23. The monoisotopic (exact) mass is 268 g/mol. The predicted octanol–water partition coefficient (Wildman–Crippen LogP) is 4.60. The Hall–Kier alpha value is -0.600. The number of rotatable bonds is 8. The lowest BCUT2D eigenvalue weighted by atomic mass is 9.91. The number of nitrogens with zero attached hydrogens (tertiary/aromatic N) is 1. The van der Waals surface area contributed by atoms with E-state index < -0.39 is 0 Å². The van der Waals surface area contributed by atoms with Crippen LogP contribution in [0.25, 0.3) is 0 Å². The van der Waals surface area contributed by atoms with E-state index in [0.29, 0.717) is 0 Å². The molecule has 0 bridgehead atoms. The summed E-state index contributed by atoms with van der Waals surface area (Å²) in [5.74, 6) is 0.750. The molecule has 1 aromatic heterocycles. The van der Waals surface area contributed by atoms with Gasteiger partial charge in [-0.15, -0.1) is 0 Å². The number of hydrogen-bond donors (Lipinski definition) is 1. The standard InChI is InChI=1S/C15H25ClN2/c1-4-6-8-12(5-2)11-14(17-3)15-13(16)9-7-10-18-15/h7,9-10,12,14,17H,4-6,8,11H2,1-3H3. The second-order valence-electron chi connectivity index (χ2n) is 4.86. The SMILES string of the molecule is CCCCC(CC)CC(NC)c1ncccc1Cl. The average Bonchev–Trinajstić information content (AvgIpc) is 2.40. The first-order valence-electron chi connectivity index (χ1n) is 7.00. The van der Waals surface area contributed by atoms with Gasteiger partial charge in [-0.05, 0) is 31.5 Å². The molecule has 0 radical (unpaired) electrons. The molecule has 0 amide bonds. The molecule has 0 saturated heterocycles. The van der Waals surface area contributed by atoms with E-state index >= 15 is 0 Å². The smallest absolute Gasteiger partial charge is 0.0758 e. The van der Waals surface area contributed by atoms with Crippen molar-refractivity contribution >= 4 is 11.6 Å². The molecule has 1 rings (SSSR count). The average molecular weight is 269 g/mol. The molecule has 0 saturated carbocycles. The van der Waals surface area contributed by atoms with Gasteiger partial charge in [0.25, 0.3) is 0 Å². The lowest BCUT2D eigenvalue weighted by Gasteiger charge is -2.22. The first-order valence-corrected chi connectivity index (χ1v) is 7.38. The fourth-order valence-corrected chi connectivity index (χ4v) is 2.59. The van der Waals surface area contributed by atoms with E-state index in [9.17, 15) is 0 Å². The molecule has 1 N–H and O–H groups in total. The van der Waals surface area contributed by atoms with Crippen molar-refractivity contribution in [3.8, 4) is 0 Å².